The van der Waals surface area contributed by atoms with Crippen LogP contribution in [-0.4, -0.2) is 79.1 Å². The van der Waals surface area contributed by atoms with E-state index in [-0.39, 0.29) is 62.0 Å². The Balaban J connectivity index is 1.35. The maximum absolute atomic E-state index is 15.2. The van der Waals surface area contributed by atoms with Crippen molar-refractivity contribution in [2.75, 3.05) is 49.6 Å². The standard InChI is InChI=1S/C27H30F2N4O6S/c1-38-24(40)9-7-20-16-32(27(37)39-20)19-14-21(28)25(22(29)15-19)31-11-10-30-33(13-12-31)23(34)8-4-17-2-5-18(6-3-17)26(35)36/h2-3,5-6,14-15,20,30H,4,7-13,16H2,1H3,(H,35,36)/t20-/m0/s1. The number of halogens is 2. The van der Waals surface area contributed by atoms with Crippen LogP contribution in [0.15, 0.2) is 36.4 Å². The van der Waals surface area contributed by atoms with Gasteiger partial charge in [-0.15, -0.1) is 0 Å². The van der Waals surface area contributed by atoms with Crippen molar-refractivity contribution in [2.24, 2.45) is 0 Å². The number of nitrogens with one attached hydrogen (secondary N) is 1. The maximum atomic E-state index is 15.2. The van der Waals surface area contributed by atoms with Crippen LogP contribution in [-0.2, 0) is 20.7 Å². The summed E-state index contributed by atoms with van der Waals surface area (Å²) in [5, 5.41) is 10.8. The summed E-state index contributed by atoms with van der Waals surface area (Å²) < 4.78 is 40.7. The van der Waals surface area contributed by atoms with Crippen molar-refractivity contribution < 1.29 is 37.7 Å². The van der Waals surface area contributed by atoms with Crippen molar-refractivity contribution >= 4 is 46.6 Å². The average Bonchev–Trinajstić information content (AvgIpc) is 3.14. The van der Waals surface area contributed by atoms with Gasteiger partial charge in [0.2, 0.25) is 5.91 Å². The summed E-state index contributed by atoms with van der Waals surface area (Å²) in [5.41, 5.74) is 3.83. The number of cyclic esters (lactones) is 1. The highest BCUT2D eigenvalue weighted by Gasteiger charge is 2.34. The summed E-state index contributed by atoms with van der Waals surface area (Å²) in [5.74, 6) is -2.85. The van der Waals surface area contributed by atoms with Crippen molar-refractivity contribution in [3.8, 4) is 0 Å². The number of carbonyl (C=O) groups excluding carboxylic acids is 2. The SMILES string of the molecule is COC(=S)CC[C@H]1CN(c2cc(F)c(N3CCNN(C(=O)CCc4ccc(C(=O)O)cc4)CC3)c(F)c2)C(=O)O1. The molecule has 0 aromatic heterocycles. The lowest BCUT2D eigenvalue weighted by Gasteiger charge is -2.25. The summed E-state index contributed by atoms with van der Waals surface area (Å²) in [4.78, 5) is 38.8. The van der Waals surface area contributed by atoms with Gasteiger partial charge in [0.05, 0.1) is 31.5 Å². The van der Waals surface area contributed by atoms with E-state index in [4.69, 9.17) is 26.8 Å². The molecule has 0 bridgehead atoms. The molecule has 1 atom stereocenters. The third-order valence-corrected chi connectivity index (χ3v) is 7.18. The number of anilines is 2. The molecule has 0 aliphatic carbocycles. The van der Waals surface area contributed by atoms with E-state index in [9.17, 15) is 14.4 Å². The summed E-state index contributed by atoms with van der Waals surface area (Å²) in [6, 6.07) is 8.53. The zero-order valence-corrected chi connectivity index (χ0v) is 22.7. The Labute approximate surface area is 235 Å². The average molecular weight is 577 g/mol. The number of amides is 2. The maximum Gasteiger partial charge on any atom is 0.414 e. The quantitative estimate of drug-likeness (QED) is 0.433. The fourth-order valence-corrected chi connectivity index (χ4v) is 4.76. The summed E-state index contributed by atoms with van der Waals surface area (Å²) in [6.45, 7) is 1.05. The molecule has 40 heavy (non-hydrogen) atoms. The predicted molar refractivity (Wildman–Crippen MR) is 146 cm³/mol. The van der Waals surface area contributed by atoms with E-state index in [1.807, 2.05) is 0 Å². The molecular weight excluding hydrogens is 546 g/mol. The van der Waals surface area contributed by atoms with Crippen molar-refractivity contribution in [3.05, 3.63) is 59.2 Å². The number of methoxy groups -OCH3 is 1. The van der Waals surface area contributed by atoms with Crippen LogP contribution in [0.2, 0.25) is 0 Å². The van der Waals surface area contributed by atoms with Crippen molar-refractivity contribution in [1.29, 1.82) is 0 Å². The lowest BCUT2D eigenvalue weighted by molar-refractivity contribution is -0.133. The van der Waals surface area contributed by atoms with Gasteiger partial charge in [0.25, 0.3) is 0 Å². The Morgan fingerprint density at radius 2 is 1.82 bits per heavy atom. The molecule has 2 N–H and O–H groups in total. The van der Waals surface area contributed by atoms with Crippen LogP contribution >= 0.6 is 12.2 Å². The molecule has 0 radical (unpaired) electrons. The first-order valence-electron chi connectivity index (χ1n) is 12.8. The lowest BCUT2D eigenvalue weighted by atomic mass is 10.1. The number of thiocarbonyl (C=S) groups is 1. The van der Waals surface area contributed by atoms with Crippen LogP contribution in [0.4, 0.5) is 25.0 Å². The molecule has 10 nitrogen and oxygen atoms in total. The number of hydrogen-bond acceptors (Lipinski definition) is 8. The summed E-state index contributed by atoms with van der Waals surface area (Å²) >= 11 is 5.01. The first-order valence-corrected chi connectivity index (χ1v) is 13.2. The second-order valence-electron chi connectivity index (χ2n) is 9.43. The van der Waals surface area contributed by atoms with Gasteiger partial charge in [-0.2, -0.15) is 0 Å². The van der Waals surface area contributed by atoms with Crippen molar-refractivity contribution in [3.63, 3.8) is 0 Å². The van der Waals surface area contributed by atoms with Gasteiger partial charge in [0, 0.05) is 44.6 Å². The fourth-order valence-electron chi connectivity index (χ4n) is 4.64. The molecular formula is C27H30F2N4O6S. The van der Waals surface area contributed by atoms with Gasteiger partial charge in [0.15, 0.2) is 16.7 Å². The van der Waals surface area contributed by atoms with Gasteiger partial charge in [-0.3, -0.25) is 14.7 Å². The van der Waals surface area contributed by atoms with Gasteiger partial charge in [-0.1, -0.05) is 12.1 Å². The van der Waals surface area contributed by atoms with Gasteiger partial charge in [-0.05, 0) is 42.8 Å². The minimum Gasteiger partial charge on any atom is -0.490 e. The van der Waals surface area contributed by atoms with E-state index in [1.165, 1.54) is 34.1 Å². The first kappa shape index (κ1) is 29.2. The Morgan fingerprint density at radius 3 is 2.48 bits per heavy atom. The van der Waals surface area contributed by atoms with Crippen LogP contribution in [0, 0.1) is 11.6 Å². The molecule has 2 amide bonds. The Hall–Kier alpha value is -3.84. The first-order chi connectivity index (χ1) is 19.2. The smallest absolute Gasteiger partial charge is 0.414 e. The lowest BCUT2D eigenvalue weighted by Crippen LogP contribution is -2.43. The molecule has 2 aliphatic heterocycles. The molecule has 0 saturated carbocycles. The largest absolute Gasteiger partial charge is 0.490 e. The second kappa shape index (κ2) is 13.0. The van der Waals surface area contributed by atoms with Crippen LogP contribution < -0.4 is 15.2 Å². The highest BCUT2D eigenvalue weighted by atomic mass is 32.1. The number of carbonyl (C=O) groups is 3. The molecule has 214 valence electrons. The monoisotopic (exact) mass is 576 g/mol. The Bertz CT molecular complexity index is 1260. The molecule has 2 saturated heterocycles. The predicted octanol–water partition coefficient (Wildman–Crippen LogP) is 3.53. The zero-order valence-electron chi connectivity index (χ0n) is 21.9. The molecule has 2 fully saturated rings. The fraction of sp³-hybridized carbons (Fsp3) is 0.407. The van der Waals surface area contributed by atoms with Crippen LogP contribution in [0.3, 0.4) is 0 Å². The van der Waals surface area contributed by atoms with E-state index in [0.29, 0.717) is 24.3 Å². The number of hydrazine groups is 1. The number of hydrogen-bond donors (Lipinski definition) is 2. The molecule has 2 aliphatic rings. The summed E-state index contributed by atoms with van der Waals surface area (Å²) in [7, 11) is 1.46. The Morgan fingerprint density at radius 1 is 1.12 bits per heavy atom. The van der Waals surface area contributed by atoms with Gasteiger partial charge >= 0.3 is 12.1 Å². The highest BCUT2D eigenvalue weighted by molar-refractivity contribution is 7.80. The minimum absolute atomic E-state index is 0.0571. The number of benzene rings is 2. The minimum atomic E-state index is -1.02. The van der Waals surface area contributed by atoms with E-state index < -0.39 is 29.8 Å². The number of carboxylic acids is 1. The molecule has 4 rings (SSSR count). The summed E-state index contributed by atoms with van der Waals surface area (Å²) in [6.07, 6.45) is 0.291. The normalized spacial score (nSPS) is 17.4. The van der Waals surface area contributed by atoms with Gasteiger partial charge < -0.3 is 19.5 Å². The van der Waals surface area contributed by atoms with E-state index in [0.717, 1.165) is 17.7 Å². The Kier molecular flexibility index (Phi) is 9.48. The number of nitrogens with zero attached hydrogens (tertiary/aromatic N) is 3. The zero-order chi connectivity index (χ0) is 28.8. The molecule has 2 aromatic carbocycles. The molecule has 2 aromatic rings. The second-order valence-corrected chi connectivity index (χ2v) is 9.89. The topological polar surface area (TPSA) is 112 Å². The van der Waals surface area contributed by atoms with Crippen molar-refractivity contribution in [2.45, 2.75) is 31.8 Å². The number of aryl methyl sites for hydroxylation is 1. The molecule has 13 heteroatoms. The third-order valence-electron chi connectivity index (χ3n) is 6.81. The number of aromatic carboxylic acids is 1. The van der Waals surface area contributed by atoms with E-state index in [2.05, 4.69) is 5.43 Å². The van der Waals surface area contributed by atoms with E-state index in [1.54, 1.807) is 12.1 Å². The number of ether oxygens (including phenoxy) is 2. The van der Waals surface area contributed by atoms with E-state index >= 15 is 8.78 Å². The third kappa shape index (κ3) is 7.02. The molecule has 0 spiro atoms. The van der Waals surface area contributed by atoms with Gasteiger partial charge in [-0.25, -0.2) is 23.8 Å². The van der Waals surface area contributed by atoms with Crippen LogP contribution in [0.5, 0.6) is 0 Å². The highest BCUT2D eigenvalue weighted by Crippen LogP contribution is 2.32. The number of carboxylic acid groups (broad SMARTS) is 1. The molecule has 0 unspecified atom stereocenters. The van der Waals surface area contributed by atoms with Gasteiger partial charge in [0.1, 0.15) is 11.8 Å². The molecule has 2 heterocycles. The van der Waals surface area contributed by atoms with Crippen LogP contribution in [0.25, 0.3) is 0 Å². The van der Waals surface area contributed by atoms with Crippen LogP contribution in [0.1, 0.15) is 35.2 Å². The van der Waals surface area contributed by atoms with Crippen molar-refractivity contribution in [1.82, 2.24) is 10.4 Å². The number of rotatable bonds is 9.